The summed E-state index contributed by atoms with van der Waals surface area (Å²) in [5.41, 5.74) is 11.3. The molecule has 4 heteroatoms. The lowest BCUT2D eigenvalue weighted by Crippen LogP contribution is -2.12. The van der Waals surface area contributed by atoms with E-state index in [4.69, 9.17) is 10.8 Å². The summed E-state index contributed by atoms with van der Waals surface area (Å²) >= 11 is 0. The maximum atomic E-state index is 5.72. The van der Waals surface area contributed by atoms with Gasteiger partial charge in [-0.15, -0.1) is 0 Å². The molecule has 0 fully saturated rings. The molecule has 4 nitrogen and oxygen atoms in total. The average molecular weight is 348 g/mol. The van der Waals surface area contributed by atoms with Crippen LogP contribution >= 0.6 is 0 Å². The fourth-order valence-corrected chi connectivity index (χ4v) is 2.83. The minimum Gasteiger partial charge on any atom is -0.340 e. The lowest BCUT2D eigenvalue weighted by molar-refractivity contribution is 0.560. The lowest BCUT2D eigenvalue weighted by atomic mass is 9.92. The van der Waals surface area contributed by atoms with Gasteiger partial charge in [0.2, 0.25) is 0 Å². The molecule has 1 aromatic heterocycles. The second kappa shape index (κ2) is 7.34. The lowest BCUT2D eigenvalue weighted by Gasteiger charge is -2.14. The molecule has 2 aromatic carbocycles. The molecule has 3 N–H and O–H groups in total. The van der Waals surface area contributed by atoms with Crippen molar-refractivity contribution in [2.75, 3.05) is 11.9 Å². The summed E-state index contributed by atoms with van der Waals surface area (Å²) in [5.74, 6) is 0.962. The van der Waals surface area contributed by atoms with Crippen molar-refractivity contribution in [3.05, 3.63) is 71.4 Å². The van der Waals surface area contributed by atoms with Crippen LogP contribution in [0.15, 0.2) is 54.6 Å². The van der Waals surface area contributed by atoms with Crippen molar-refractivity contribution in [2.45, 2.75) is 39.5 Å². The number of aryl methyl sites for hydroxylation is 1. The van der Waals surface area contributed by atoms with E-state index in [2.05, 4.69) is 87.6 Å². The van der Waals surface area contributed by atoms with Crippen molar-refractivity contribution in [3.63, 3.8) is 0 Å². The van der Waals surface area contributed by atoms with E-state index in [-0.39, 0.29) is 5.41 Å². The van der Waals surface area contributed by atoms with Gasteiger partial charge >= 0.3 is 0 Å². The van der Waals surface area contributed by atoms with E-state index in [1.165, 1.54) is 11.1 Å². The number of nitrogens with zero attached hydrogens (tertiary/aromatic N) is 2. The van der Waals surface area contributed by atoms with Crippen LogP contribution in [0.2, 0.25) is 0 Å². The Morgan fingerprint density at radius 2 is 1.77 bits per heavy atom. The van der Waals surface area contributed by atoms with Crippen LogP contribution in [0.1, 0.15) is 37.6 Å². The number of anilines is 2. The van der Waals surface area contributed by atoms with Crippen molar-refractivity contribution in [1.29, 1.82) is 0 Å². The zero-order chi connectivity index (χ0) is 18.7. The van der Waals surface area contributed by atoms with Crippen molar-refractivity contribution >= 4 is 11.5 Å². The van der Waals surface area contributed by atoms with E-state index in [9.17, 15) is 0 Å². The van der Waals surface area contributed by atoms with Crippen LogP contribution in [0, 0.1) is 6.92 Å². The zero-order valence-corrected chi connectivity index (χ0v) is 16.1. The van der Waals surface area contributed by atoms with Crippen LogP contribution in [0.25, 0.3) is 5.69 Å². The summed E-state index contributed by atoms with van der Waals surface area (Å²) in [6.07, 6.45) is 0.863. The maximum Gasteiger partial charge on any atom is 0.134 e. The molecule has 0 amide bonds. The molecule has 0 aliphatic carbocycles. The van der Waals surface area contributed by atoms with Gasteiger partial charge in [-0.3, -0.25) is 0 Å². The third-order valence-corrected chi connectivity index (χ3v) is 4.39. The zero-order valence-electron chi connectivity index (χ0n) is 16.1. The van der Waals surface area contributed by atoms with Gasteiger partial charge in [0.25, 0.3) is 0 Å². The molecule has 136 valence electrons. The smallest absolute Gasteiger partial charge is 0.134 e. The topological polar surface area (TPSA) is 55.9 Å². The molecule has 0 radical (unpaired) electrons. The van der Waals surface area contributed by atoms with E-state index < -0.39 is 0 Å². The Balaban J connectivity index is 2.03. The van der Waals surface area contributed by atoms with Crippen LogP contribution in [0.5, 0.6) is 0 Å². The highest BCUT2D eigenvalue weighted by Gasteiger charge is 2.20. The van der Waals surface area contributed by atoms with Crippen LogP contribution in [-0.2, 0) is 11.8 Å². The predicted octanol–water partition coefficient (Wildman–Crippen LogP) is 4.72. The largest absolute Gasteiger partial charge is 0.340 e. The first-order valence-corrected chi connectivity index (χ1v) is 9.10. The molecule has 0 bridgehead atoms. The minimum absolute atomic E-state index is 0.0240. The van der Waals surface area contributed by atoms with Crippen molar-refractivity contribution in [3.8, 4) is 5.69 Å². The fraction of sp³-hybridized carbons (Fsp3) is 0.318. The predicted molar refractivity (Wildman–Crippen MR) is 109 cm³/mol. The first-order valence-electron chi connectivity index (χ1n) is 9.10. The van der Waals surface area contributed by atoms with Crippen molar-refractivity contribution in [2.24, 2.45) is 5.73 Å². The van der Waals surface area contributed by atoms with E-state index in [0.29, 0.717) is 6.54 Å². The Bertz CT molecular complexity index is 870. The van der Waals surface area contributed by atoms with Gasteiger partial charge < -0.3 is 11.1 Å². The average Bonchev–Trinajstić information content (AvgIpc) is 3.02. The van der Waals surface area contributed by atoms with Crippen LogP contribution < -0.4 is 11.1 Å². The molecule has 0 unspecified atom stereocenters. The molecule has 0 aliphatic rings. The second-order valence-electron chi connectivity index (χ2n) is 7.78. The maximum absolute atomic E-state index is 5.72. The molecule has 1 heterocycles. The van der Waals surface area contributed by atoms with Crippen LogP contribution in [0.4, 0.5) is 11.5 Å². The fourth-order valence-electron chi connectivity index (χ4n) is 2.83. The number of rotatable bonds is 5. The Morgan fingerprint density at radius 1 is 1.04 bits per heavy atom. The summed E-state index contributed by atoms with van der Waals surface area (Å²) in [7, 11) is 0. The summed E-state index contributed by atoms with van der Waals surface area (Å²) in [6, 6.07) is 18.9. The highest BCUT2D eigenvalue weighted by Crippen LogP contribution is 2.28. The van der Waals surface area contributed by atoms with Gasteiger partial charge in [-0.25, -0.2) is 4.68 Å². The van der Waals surface area contributed by atoms with Gasteiger partial charge in [0, 0.05) is 17.2 Å². The molecule has 0 saturated heterocycles. The Kier molecular flexibility index (Phi) is 5.14. The van der Waals surface area contributed by atoms with E-state index in [1.54, 1.807) is 0 Å². The summed E-state index contributed by atoms with van der Waals surface area (Å²) < 4.78 is 1.99. The first-order chi connectivity index (χ1) is 12.4. The molecule has 3 rings (SSSR count). The number of nitrogens with two attached hydrogens (primary N) is 1. The third-order valence-electron chi connectivity index (χ3n) is 4.39. The third kappa shape index (κ3) is 4.14. The summed E-state index contributed by atoms with van der Waals surface area (Å²) in [6.45, 7) is 9.28. The van der Waals surface area contributed by atoms with E-state index >= 15 is 0 Å². The number of hydrogen-bond acceptors (Lipinski definition) is 3. The van der Waals surface area contributed by atoms with E-state index in [0.717, 1.165) is 29.3 Å². The number of hydrogen-bond donors (Lipinski definition) is 2. The van der Waals surface area contributed by atoms with Gasteiger partial charge in [-0.2, -0.15) is 5.10 Å². The standard InChI is InChI=1S/C22H28N4/c1-16-8-10-18(11-9-16)24-21-15-20(22(2,3)4)25-26(21)19-7-5-6-17(14-19)12-13-23/h5-11,14-15,24H,12-13,23H2,1-4H3. The van der Waals surface area contributed by atoms with Gasteiger partial charge in [-0.05, 0) is 49.7 Å². The molecule has 26 heavy (non-hydrogen) atoms. The summed E-state index contributed by atoms with van der Waals surface area (Å²) in [5, 5.41) is 8.41. The Labute approximate surface area is 156 Å². The SMILES string of the molecule is Cc1ccc(Nc2cc(C(C)(C)C)nn2-c2cccc(CCN)c2)cc1. The molecule has 0 atom stereocenters. The Morgan fingerprint density at radius 3 is 2.42 bits per heavy atom. The first kappa shape index (κ1) is 18.2. The van der Waals surface area contributed by atoms with Gasteiger partial charge in [-0.1, -0.05) is 50.6 Å². The highest BCUT2D eigenvalue weighted by molar-refractivity contribution is 5.60. The van der Waals surface area contributed by atoms with Crippen molar-refractivity contribution in [1.82, 2.24) is 9.78 Å². The van der Waals surface area contributed by atoms with Gasteiger partial charge in [0.15, 0.2) is 0 Å². The minimum atomic E-state index is -0.0240. The number of benzene rings is 2. The van der Waals surface area contributed by atoms with Crippen LogP contribution in [0.3, 0.4) is 0 Å². The van der Waals surface area contributed by atoms with Gasteiger partial charge in [0.1, 0.15) is 5.82 Å². The van der Waals surface area contributed by atoms with Crippen LogP contribution in [-0.4, -0.2) is 16.3 Å². The molecule has 3 aromatic rings. The molecule has 0 saturated carbocycles. The molecule has 0 spiro atoms. The number of aromatic nitrogens is 2. The molecular weight excluding hydrogens is 320 g/mol. The van der Waals surface area contributed by atoms with E-state index in [1.807, 2.05) is 4.68 Å². The summed E-state index contributed by atoms with van der Waals surface area (Å²) in [4.78, 5) is 0. The number of nitrogens with one attached hydrogen (secondary N) is 1. The second-order valence-corrected chi connectivity index (χ2v) is 7.78. The quantitative estimate of drug-likeness (QED) is 0.701. The van der Waals surface area contributed by atoms with Crippen molar-refractivity contribution < 1.29 is 0 Å². The Hall–Kier alpha value is -2.59. The normalized spacial score (nSPS) is 11.6. The molecular formula is C22H28N4. The monoisotopic (exact) mass is 348 g/mol. The molecule has 0 aliphatic heterocycles. The highest BCUT2D eigenvalue weighted by atomic mass is 15.3. The van der Waals surface area contributed by atoms with Gasteiger partial charge in [0.05, 0.1) is 11.4 Å².